The largest absolute Gasteiger partial charge is 0.496 e. The van der Waals surface area contributed by atoms with Gasteiger partial charge in [0.2, 0.25) is 0 Å². The Kier molecular flexibility index (Phi) is 3.50. The third-order valence-corrected chi connectivity index (χ3v) is 5.84. The standard InChI is InChI=1S/C19H20BrNO/c1-21-11-13-5-3-4-6-14(13)19-15-10-18(22-2)16(20)9-12(15)7-8-17(19)21/h3-6,9-10,17,19H,7-8,11H2,1-2H3/t17-,19-/m0/s1. The number of benzene rings is 2. The molecule has 2 aliphatic rings. The van der Waals surface area contributed by atoms with E-state index in [4.69, 9.17) is 4.74 Å². The van der Waals surface area contributed by atoms with Crippen LogP contribution in [0.1, 0.15) is 34.6 Å². The molecule has 0 saturated carbocycles. The van der Waals surface area contributed by atoms with E-state index in [0.29, 0.717) is 12.0 Å². The lowest BCUT2D eigenvalue weighted by molar-refractivity contribution is 0.178. The van der Waals surface area contributed by atoms with Crippen molar-refractivity contribution in [1.82, 2.24) is 4.90 Å². The molecular formula is C19H20BrNO. The van der Waals surface area contributed by atoms with Crippen LogP contribution in [0.2, 0.25) is 0 Å². The molecule has 3 heteroatoms. The van der Waals surface area contributed by atoms with Gasteiger partial charge >= 0.3 is 0 Å². The van der Waals surface area contributed by atoms with Crippen molar-refractivity contribution in [2.24, 2.45) is 0 Å². The van der Waals surface area contributed by atoms with E-state index in [2.05, 4.69) is 64.3 Å². The molecule has 22 heavy (non-hydrogen) atoms. The normalized spacial score (nSPS) is 23.4. The summed E-state index contributed by atoms with van der Waals surface area (Å²) in [5.41, 5.74) is 5.85. The minimum atomic E-state index is 0.459. The quantitative estimate of drug-likeness (QED) is 0.752. The summed E-state index contributed by atoms with van der Waals surface area (Å²) in [4.78, 5) is 2.52. The lowest BCUT2D eigenvalue weighted by atomic mass is 9.72. The van der Waals surface area contributed by atoms with Crippen molar-refractivity contribution in [3.8, 4) is 5.75 Å². The Balaban J connectivity index is 1.92. The fourth-order valence-electron chi connectivity index (χ4n) is 4.17. The number of nitrogens with zero attached hydrogens (tertiary/aromatic N) is 1. The van der Waals surface area contributed by atoms with Gasteiger partial charge < -0.3 is 4.74 Å². The Morgan fingerprint density at radius 3 is 2.77 bits per heavy atom. The first-order valence-corrected chi connectivity index (χ1v) is 8.62. The molecule has 0 fully saturated rings. The van der Waals surface area contributed by atoms with Gasteiger partial charge in [0.25, 0.3) is 0 Å². The first-order valence-electron chi connectivity index (χ1n) is 7.83. The minimum Gasteiger partial charge on any atom is -0.496 e. The van der Waals surface area contributed by atoms with Crippen LogP contribution >= 0.6 is 15.9 Å². The molecule has 1 aliphatic heterocycles. The van der Waals surface area contributed by atoms with Crippen LogP contribution in [0.5, 0.6) is 5.75 Å². The average molecular weight is 358 g/mol. The lowest BCUT2D eigenvalue weighted by Crippen LogP contribution is -2.43. The van der Waals surface area contributed by atoms with E-state index in [9.17, 15) is 0 Å². The summed E-state index contributed by atoms with van der Waals surface area (Å²) in [7, 11) is 4.00. The van der Waals surface area contributed by atoms with Crippen LogP contribution in [-0.2, 0) is 13.0 Å². The Labute approximate surface area is 140 Å². The van der Waals surface area contributed by atoms with E-state index < -0.39 is 0 Å². The Morgan fingerprint density at radius 1 is 1.14 bits per heavy atom. The highest BCUT2D eigenvalue weighted by molar-refractivity contribution is 9.10. The van der Waals surface area contributed by atoms with E-state index in [-0.39, 0.29) is 0 Å². The van der Waals surface area contributed by atoms with Crippen molar-refractivity contribution >= 4 is 15.9 Å². The van der Waals surface area contributed by atoms with Gasteiger partial charge in [0, 0.05) is 18.5 Å². The summed E-state index contributed by atoms with van der Waals surface area (Å²) in [6.07, 6.45) is 2.37. The molecule has 2 atom stereocenters. The van der Waals surface area contributed by atoms with Crippen molar-refractivity contribution in [2.45, 2.75) is 31.3 Å². The molecule has 0 N–H and O–H groups in total. The van der Waals surface area contributed by atoms with Gasteiger partial charge in [0.1, 0.15) is 5.75 Å². The van der Waals surface area contributed by atoms with Crippen LogP contribution in [0.3, 0.4) is 0 Å². The molecule has 0 saturated heterocycles. The zero-order valence-electron chi connectivity index (χ0n) is 13.0. The lowest BCUT2D eigenvalue weighted by Gasteiger charge is -2.44. The maximum Gasteiger partial charge on any atom is 0.133 e. The molecule has 114 valence electrons. The summed E-state index contributed by atoms with van der Waals surface area (Å²) in [5, 5.41) is 0. The smallest absolute Gasteiger partial charge is 0.133 e. The molecule has 4 rings (SSSR count). The zero-order chi connectivity index (χ0) is 15.3. The zero-order valence-corrected chi connectivity index (χ0v) is 14.6. The second kappa shape index (κ2) is 5.39. The summed E-state index contributed by atoms with van der Waals surface area (Å²) in [5.74, 6) is 1.39. The van der Waals surface area contributed by atoms with E-state index in [0.717, 1.165) is 23.2 Å². The summed E-state index contributed by atoms with van der Waals surface area (Å²) >= 11 is 3.63. The monoisotopic (exact) mass is 357 g/mol. The SMILES string of the molecule is COc1cc2c(cc1Br)CC[C@H]1[C@H]2c2ccccc2CN1C. The van der Waals surface area contributed by atoms with Crippen molar-refractivity contribution in [3.05, 3.63) is 63.1 Å². The molecule has 2 aromatic rings. The molecule has 0 bridgehead atoms. The van der Waals surface area contributed by atoms with Gasteiger partial charge in [-0.2, -0.15) is 0 Å². The number of fused-ring (bicyclic) bond motifs is 5. The van der Waals surface area contributed by atoms with Crippen LogP contribution in [0.25, 0.3) is 0 Å². The second-order valence-corrected chi connectivity index (χ2v) is 7.24. The van der Waals surface area contributed by atoms with Gasteiger partial charge in [-0.15, -0.1) is 0 Å². The number of hydrogen-bond donors (Lipinski definition) is 0. The van der Waals surface area contributed by atoms with E-state index >= 15 is 0 Å². The van der Waals surface area contributed by atoms with Crippen molar-refractivity contribution in [1.29, 1.82) is 0 Å². The maximum absolute atomic E-state index is 5.55. The van der Waals surface area contributed by atoms with Crippen LogP contribution in [-0.4, -0.2) is 25.1 Å². The van der Waals surface area contributed by atoms with Crippen molar-refractivity contribution in [3.63, 3.8) is 0 Å². The van der Waals surface area contributed by atoms with E-state index in [1.807, 2.05) is 0 Å². The number of methoxy groups -OCH3 is 1. The fraction of sp³-hybridized carbons (Fsp3) is 0.368. The first kappa shape index (κ1) is 14.3. The van der Waals surface area contributed by atoms with Crippen LogP contribution in [0.15, 0.2) is 40.9 Å². The third kappa shape index (κ3) is 2.10. The highest BCUT2D eigenvalue weighted by atomic mass is 79.9. The average Bonchev–Trinajstić information content (AvgIpc) is 2.53. The van der Waals surface area contributed by atoms with Gasteiger partial charge in [0.05, 0.1) is 11.6 Å². The molecule has 1 aliphatic carbocycles. The minimum absolute atomic E-state index is 0.459. The molecule has 0 radical (unpaired) electrons. The van der Waals surface area contributed by atoms with Crippen LogP contribution in [0.4, 0.5) is 0 Å². The predicted molar refractivity (Wildman–Crippen MR) is 92.6 cm³/mol. The van der Waals surface area contributed by atoms with Crippen LogP contribution < -0.4 is 4.74 Å². The topological polar surface area (TPSA) is 12.5 Å². The predicted octanol–water partition coefficient (Wildman–Crippen LogP) is 4.35. The Bertz CT molecular complexity index is 727. The molecule has 0 aromatic heterocycles. The molecule has 0 amide bonds. The van der Waals surface area contributed by atoms with Gasteiger partial charge in [-0.1, -0.05) is 24.3 Å². The molecule has 1 heterocycles. The number of aryl methyl sites for hydroxylation is 1. The third-order valence-electron chi connectivity index (χ3n) is 5.22. The summed E-state index contributed by atoms with van der Waals surface area (Å²) < 4.78 is 6.60. The molecule has 0 unspecified atom stereocenters. The van der Waals surface area contributed by atoms with Gasteiger partial charge in [-0.05, 0) is 70.2 Å². The molecular weight excluding hydrogens is 338 g/mol. The Morgan fingerprint density at radius 2 is 1.95 bits per heavy atom. The van der Waals surface area contributed by atoms with Crippen molar-refractivity contribution < 1.29 is 4.74 Å². The number of rotatable bonds is 1. The molecule has 2 nitrogen and oxygen atoms in total. The highest BCUT2D eigenvalue weighted by Gasteiger charge is 2.38. The van der Waals surface area contributed by atoms with Gasteiger partial charge in [-0.25, -0.2) is 0 Å². The molecule has 0 spiro atoms. The number of halogens is 1. The van der Waals surface area contributed by atoms with Crippen molar-refractivity contribution in [2.75, 3.05) is 14.2 Å². The van der Waals surface area contributed by atoms with E-state index in [1.54, 1.807) is 7.11 Å². The van der Waals surface area contributed by atoms with Crippen LogP contribution in [0, 0.1) is 0 Å². The fourth-order valence-corrected chi connectivity index (χ4v) is 4.72. The highest BCUT2D eigenvalue weighted by Crippen LogP contribution is 2.46. The molecule has 2 aromatic carbocycles. The summed E-state index contributed by atoms with van der Waals surface area (Å²) in [6.45, 7) is 1.06. The number of ether oxygens (including phenoxy) is 1. The number of hydrogen-bond acceptors (Lipinski definition) is 2. The second-order valence-electron chi connectivity index (χ2n) is 6.38. The van der Waals surface area contributed by atoms with Gasteiger partial charge in [0.15, 0.2) is 0 Å². The van der Waals surface area contributed by atoms with E-state index in [1.165, 1.54) is 28.7 Å². The summed E-state index contributed by atoms with van der Waals surface area (Å²) in [6, 6.07) is 14.0. The maximum atomic E-state index is 5.55. The number of likely N-dealkylation sites (N-methyl/N-ethyl adjacent to an activating group) is 1. The first-order chi connectivity index (χ1) is 10.7. The Hall–Kier alpha value is -1.32. The van der Waals surface area contributed by atoms with Gasteiger partial charge in [-0.3, -0.25) is 4.90 Å².